The third-order valence-corrected chi connectivity index (χ3v) is 3.47. The smallest absolute Gasteiger partial charge is 0.211 e. The molecular formula is C12H21N3O. The van der Waals surface area contributed by atoms with Crippen LogP contribution in [0, 0.1) is 0 Å². The highest BCUT2D eigenvalue weighted by atomic mass is 16.3. The van der Waals surface area contributed by atoms with Gasteiger partial charge in [0.15, 0.2) is 0 Å². The van der Waals surface area contributed by atoms with Crippen LogP contribution in [0.1, 0.15) is 49.9 Å². The van der Waals surface area contributed by atoms with Crippen LogP contribution in [-0.2, 0) is 0 Å². The van der Waals surface area contributed by atoms with Crippen LogP contribution in [-0.4, -0.2) is 30.5 Å². The lowest BCUT2D eigenvalue weighted by Crippen LogP contribution is -2.29. The van der Waals surface area contributed by atoms with E-state index in [1.807, 2.05) is 7.05 Å². The van der Waals surface area contributed by atoms with Gasteiger partial charge in [0, 0.05) is 6.04 Å². The Labute approximate surface area is 97.0 Å². The molecule has 1 aromatic heterocycles. The normalized spacial score (nSPS) is 24.6. The van der Waals surface area contributed by atoms with E-state index >= 15 is 0 Å². The van der Waals surface area contributed by atoms with E-state index < -0.39 is 0 Å². The van der Waals surface area contributed by atoms with Gasteiger partial charge in [0.2, 0.25) is 5.89 Å². The number of piperidine rings is 1. The molecule has 1 aromatic rings. The molecule has 1 saturated heterocycles. The molecule has 0 saturated carbocycles. The maximum Gasteiger partial charge on any atom is 0.211 e. The molecule has 2 unspecified atom stereocenters. The van der Waals surface area contributed by atoms with Crippen LogP contribution < -0.4 is 5.32 Å². The lowest BCUT2D eigenvalue weighted by molar-refractivity contribution is 0.159. The fourth-order valence-electron chi connectivity index (χ4n) is 2.19. The number of hydrogen-bond donors (Lipinski definition) is 1. The Hall–Kier alpha value is -0.870. The average Bonchev–Trinajstić information content (AvgIpc) is 2.78. The van der Waals surface area contributed by atoms with Gasteiger partial charge in [-0.3, -0.25) is 4.90 Å². The molecule has 1 aliphatic rings. The Morgan fingerprint density at radius 3 is 3.06 bits per heavy atom. The van der Waals surface area contributed by atoms with Gasteiger partial charge < -0.3 is 9.73 Å². The summed E-state index contributed by atoms with van der Waals surface area (Å²) in [4.78, 5) is 6.92. The number of nitrogens with zero attached hydrogens (tertiary/aromatic N) is 2. The molecule has 1 aliphatic heterocycles. The van der Waals surface area contributed by atoms with Gasteiger partial charge in [-0.15, -0.1) is 0 Å². The molecule has 1 fully saturated rings. The van der Waals surface area contributed by atoms with Crippen LogP contribution in [0.25, 0.3) is 0 Å². The third-order valence-electron chi connectivity index (χ3n) is 3.47. The zero-order valence-electron chi connectivity index (χ0n) is 10.4. The summed E-state index contributed by atoms with van der Waals surface area (Å²) < 4.78 is 5.60. The molecule has 0 bridgehead atoms. The summed E-state index contributed by atoms with van der Waals surface area (Å²) in [5.41, 5.74) is 0.997. The largest absolute Gasteiger partial charge is 0.447 e. The van der Waals surface area contributed by atoms with Gasteiger partial charge >= 0.3 is 0 Å². The monoisotopic (exact) mass is 223 g/mol. The number of aromatic nitrogens is 1. The van der Waals surface area contributed by atoms with Crippen molar-refractivity contribution in [2.24, 2.45) is 0 Å². The van der Waals surface area contributed by atoms with E-state index in [9.17, 15) is 0 Å². The van der Waals surface area contributed by atoms with Crippen molar-refractivity contribution in [1.82, 2.24) is 15.2 Å². The molecule has 2 rings (SSSR count). The van der Waals surface area contributed by atoms with Crippen molar-refractivity contribution >= 4 is 0 Å². The minimum Gasteiger partial charge on any atom is -0.447 e. The minimum atomic E-state index is 0.256. The average molecular weight is 223 g/mol. The van der Waals surface area contributed by atoms with E-state index in [1.165, 1.54) is 12.8 Å². The van der Waals surface area contributed by atoms with Crippen molar-refractivity contribution in [3.05, 3.63) is 17.8 Å². The Balaban J connectivity index is 2.11. The van der Waals surface area contributed by atoms with Gasteiger partial charge in [0.05, 0.1) is 11.7 Å². The molecule has 0 amide bonds. The standard InChI is InChI=1S/C12H21N3O/c1-9(13-2)10-8-16-12(14-10)11-6-4-5-7-15(11)3/h8-9,11,13H,4-7H2,1-3H3. The van der Waals surface area contributed by atoms with E-state index in [2.05, 4.69) is 29.2 Å². The summed E-state index contributed by atoms with van der Waals surface area (Å²) in [5.74, 6) is 0.874. The first-order chi connectivity index (χ1) is 7.72. The minimum absolute atomic E-state index is 0.256. The number of likely N-dealkylation sites (tertiary alicyclic amines) is 1. The second-order valence-electron chi connectivity index (χ2n) is 4.61. The van der Waals surface area contributed by atoms with Crippen LogP contribution in [0.2, 0.25) is 0 Å². The molecule has 2 atom stereocenters. The lowest BCUT2D eigenvalue weighted by atomic mass is 10.0. The Bertz CT molecular complexity index is 337. The maximum absolute atomic E-state index is 5.60. The highest BCUT2D eigenvalue weighted by Crippen LogP contribution is 2.29. The van der Waals surface area contributed by atoms with Gasteiger partial charge in [-0.05, 0) is 40.4 Å². The summed E-state index contributed by atoms with van der Waals surface area (Å²) in [6.45, 7) is 3.23. The second-order valence-corrected chi connectivity index (χ2v) is 4.61. The summed E-state index contributed by atoms with van der Waals surface area (Å²) >= 11 is 0. The summed E-state index contributed by atoms with van der Waals surface area (Å²) in [6.07, 6.45) is 5.49. The van der Waals surface area contributed by atoms with Gasteiger partial charge in [0.25, 0.3) is 0 Å². The van der Waals surface area contributed by atoms with Gasteiger partial charge in [0.1, 0.15) is 6.26 Å². The van der Waals surface area contributed by atoms with E-state index in [-0.39, 0.29) is 6.04 Å². The molecule has 1 N–H and O–H groups in total. The molecule has 4 heteroatoms. The van der Waals surface area contributed by atoms with Gasteiger partial charge in [-0.2, -0.15) is 0 Å². The van der Waals surface area contributed by atoms with Crippen molar-refractivity contribution in [2.75, 3.05) is 20.6 Å². The molecule has 16 heavy (non-hydrogen) atoms. The van der Waals surface area contributed by atoms with Crippen molar-refractivity contribution in [1.29, 1.82) is 0 Å². The highest BCUT2D eigenvalue weighted by Gasteiger charge is 2.25. The Kier molecular flexibility index (Phi) is 3.61. The molecule has 0 aliphatic carbocycles. The van der Waals surface area contributed by atoms with Crippen molar-refractivity contribution in [3.63, 3.8) is 0 Å². The van der Waals surface area contributed by atoms with E-state index in [0.717, 1.165) is 24.6 Å². The topological polar surface area (TPSA) is 41.3 Å². The summed E-state index contributed by atoms with van der Waals surface area (Å²) in [7, 11) is 4.08. The maximum atomic E-state index is 5.60. The first kappa shape index (κ1) is 11.6. The number of rotatable bonds is 3. The molecule has 0 radical (unpaired) electrons. The van der Waals surface area contributed by atoms with E-state index in [4.69, 9.17) is 4.42 Å². The second kappa shape index (κ2) is 4.97. The zero-order valence-corrected chi connectivity index (χ0v) is 10.4. The number of hydrogen-bond acceptors (Lipinski definition) is 4. The SMILES string of the molecule is CNC(C)c1coc(C2CCCCN2C)n1. The Morgan fingerprint density at radius 1 is 1.56 bits per heavy atom. The highest BCUT2D eigenvalue weighted by molar-refractivity contribution is 5.05. The first-order valence-electron chi connectivity index (χ1n) is 6.05. The van der Waals surface area contributed by atoms with Crippen molar-refractivity contribution in [2.45, 2.75) is 38.3 Å². The molecule has 0 spiro atoms. The van der Waals surface area contributed by atoms with Gasteiger partial charge in [-0.25, -0.2) is 4.98 Å². The zero-order chi connectivity index (χ0) is 11.5. The predicted octanol–water partition coefficient (Wildman–Crippen LogP) is 2.11. The lowest BCUT2D eigenvalue weighted by Gasteiger charge is -2.29. The molecule has 2 heterocycles. The third kappa shape index (κ3) is 2.28. The Morgan fingerprint density at radius 2 is 2.38 bits per heavy atom. The van der Waals surface area contributed by atoms with Crippen LogP contribution in [0.4, 0.5) is 0 Å². The summed E-state index contributed by atoms with van der Waals surface area (Å²) in [5, 5.41) is 3.17. The van der Waals surface area contributed by atoms with Crippen molar-refractivity contribution in [3.8, 4) is 0 Å². The fraction of sp³-hybridized carbons (Fsp3) is 0.750. The summed E-state index contributed by atoms with van der Waals surface area (Å²) in [6, 6.07) is 0.623. The molecule has 90 valence electrons. The van der Waals surface area contributed by atoms with E-state index in [0.29, 0.717) is 6.04 Å². The van der Waals surface area contributed by atoms with Gasteiger partial charge in [-0.1, -0.05) is 6.42 Å². The fourth-order valence-corrected chi connectivity index (χ4v) is 2.19. The number of oxazole rings is 1. The molecule has 4 nitrogen and oxygen atoms in total. The van der Waals surface area contributed by atoms with Crippen LogP contribution in [0.15, 0.2) is 10.7 Å². The molecule has 0 aromatic carbocycles. The van der Waals surface area contributed by atoms with Crippen LogP contribution in [0.5, 0.6) is 0 Å². The van der Waals surface area contributed by atoms with Crippen LogP contribution >= 0.6 is 0 Å². The van der Waals surface area contributed by atoms with Crippen LogP contribution in [0.3, 0.4) is 0 Å². The van der Waals surface area contributed by atoms with Crippen molar-refractivity contribution < 1.29 is 4.42 Å². The first-order valence-corrected chi connectivity index (χ1v) is 6.05. The quantitative estimate of drug-likeness (QED) is 0.852. The number of nitrogens with one attached hydrogen (secondary N) is 1. The predicted molar refractivity (Wildman–Crippen MR) is 63.2 cm³/mol. The van der Waals surface area contributed by atoms with E-state index in [1.54, 1.807) is 6.26 Å². The molecular weight excluding hydrogens is 202 g/mol.